The zero-order chi connectivity index (χ0) is 16.0. The van der Waals surface area contributed by atoms with E-state index in [1.165, 1.54) is 6.42 Å². The summed E-state index contributed by atoms with van der Waals surface area (Å²) >= 11 is 0. The van der Waals surface area contributed by atoms with Crippen molar-refractivity contribution in [1.82, 2.24) is 10.2 Å². The lowest BCUT2D eigenvalue weighted by molar-refractivity contribution is -0.141. The Bertz CT molecular complexity index is 389. The van der Waals surface area contributed by atoms with E-state index in [0.717, 1.165) is 57.9 Å². The van der Waals surface area contributed by atoms with Crippen LogP contribution in [0.1, 0.15) is 64.7 Å². The van der Waals surface area contributed by atoms with Gasteiger partial charge in [0.2, 0.25) is 11.8 Å². The summed E-state index contributed by atoms with van der Waals surface area (Å²) < 4.78 is 0. The number of hydrogen-bond acceptors (Lipinski definition) is 3. The van der Waals surface area contributed by atoms with Gasteiger partial charge in [-0.25, -0.2) is 0 Å². The zero-order valence-corrected chi connectivity index (χ0v) is 15.1. The van der Waals surface area contributed by atoms with E-state index in [1.54, 1.807) is 0 Å². The first kappa shape index (κ1) is 20.2. The van der Waals surface area contributed by atoms with Crippen molar-refractivity contribution in [1.29, 1.82) is 0 Å². The van der Waals surface area contributed by atoms with Crippen LogP contribution in [0.5, 0.6) is 0 Å². The number of nitrogens with two attached hydrogens (primary N) is 1. The second kappa shape index (κ2) is 9.48. The zero-order valence-electron chi connectivity index (χ0n) is 14.3. The quantitative estimate of drug-likeness (QED) is 0.750. The van der Waals surface area contributed by atoms with Crippen molar-refractivity contribution in [3.63, 3.8) is 0 Å². The maximum absolute atomic E-state index is 12.7. The fourth-order valence-electron chi connectivity index (χ4n) is 3.59. The summed E-state index contributed by atoms with van der Waals surface area (Å²) in [6.45, 7) is 4.22. The van der Waals surface area contributed by atoms with Crippen LogP contribution in [0.15, 0.2) is 0 Å². The number of unbranched alkanes of at least 4 members (excludes halogenated alkanes) is 1. The fourth-order valence-corrected chi connectivity index (χ4v) is 3.59. The highest BCUT2D eigenvalue weighted by atomic mass is 35.5. The van der Waals surface area contributed by atoms with Crippen molar-refractivity contribution in [2.45, 2.75) is 70.3 Å². The molecule has 6 heteroatoms. The summed E-state index contributed by atoms with van der Waals surface area (Å²) in [4.78, 5) is 26.6. The summed E-state index contributed by atoms with van der Waals surface area (Å²) in [6, 6.07) is 0. The Morgan fingerprint density at radius 1 is 1.17 bits per heavy atom. The Hall–Kier alpha value is -0.810. The highest BCUT2D eigenvalue weighted by molar-refractivity contribution is 5.86. The fraction of sp³-hybridized carbons (Fsp3) is 0.882. The molecule has 0 spiro atoms. The van der Waals surface area contributed by atoms with Crippen molar-refractivity contribution in [2.24, 2.45) is 11.7 Å². The van der Waals surface area contributed by atoms with Gasteiger partial charge in [0.15, 0.2) is 0 Å². The molecule has 1 aliphatic carbocycles. The summed E-state index contributed by atoms with van der Waals surface area (Å²) in [6.07, 6.45) is 8.56. The van der Waals surface area contributed by atoms with Crippen LogP contribution in [0.4, 0.5) is 0 Å². The molecule has 2 rings (SSSR count). The molecule has 2 aliphatic rings. The molecule has 1 saturated heterocycles. The number of rotatable bonds is 5. The van der Waals surface area contributed by atoms with E-state index in [-0.39, 0.29) is 30.1 Å². The van der Waals surface area contributed by atoms with Crippen LogP contribution < -0.4 is 11.1 Å². The maximum Gasteiger partial charge on any atom is 0.242 e. The van der Waals surface area contributed by atoms with Crippen LogP contribution in [0.3, 0.4) is 0 Å². The number of hydrogen-bond donors (Lipinski definition) is 2. The third-order valence-corrected chi connectivity index (χ3v) is 5.15. The molecule has 0 radical (unpaired) electrons. The van der Waals surface area contributed by atoms with Crippen LogP contribution in [0, 0.1) is 5.92 Å². The van der Waals surface area contributed by atoms with E-state index >= 15 is 0 Å². The molecule has 0 unspecified atom stereocenters. The van der Waals surface area contributed by atoms with Gasteiger partial charge in [-0.15, -0.1) is 12.4 Å². The van der Waals surface area contributed by atoms with Gasteiger partial charge in [0.25, 0.3) is 0 Å². The van der Waals surface area contributed by atoms with E-state index in [2.05, 4.69) is 12.2 Å². The third kappa shape index (κ3) is 5.35. The largest absolute Gasteiger partial charge is 0.356 e. The highest BCUT2D eigenvalue weighted by Crippen LogP contribution is 2.29. The number of carbonyl (C=O) groups is 2. The number of carbonyl (C=O) groups excluding carboxylic acids is 2. The van der Waals surface area contributed by atoms with Crippen molar-refractivity contribution in [3.05, 3.63) is 0 Å². The van der Waals surface area contributed by atoms with Crippen LogP contribution in [-0.4, -0.2) is 41.9 Å². The van der Waals surface area contributed by atoms with E-state index in [9.17, 15) is 9.59 Å². The summed E-state index contributed by atoms with van der Waals surface area (Å²) in [5.74, 6) is 0.318. The number of likely N-dealkylation sites (tertiary alicyclic amines) is 1. The third-order valence-electron chi connectivity index (χ3n) is 5.15. The van der Waals surface area contributed by atoms with Crippen molar-refractivity contribution in [2.75, 3.05) is 19.6 Å². The predicted molar refractivity (Wildman–Crippen MR) is 94.5 cm³/mol. The molecule has 2 fully saturated rings. The molecule has 1 aliphatic heterocycles. The summed E-state index contributed by atoms with van der Waals surface area (Å²) in [7, 11) is 0. The van der Waals surface area contributed by atoms with Crippen LogP contribution in [0.25, 0.3) is 0 Å². The Labute approximate surface area is 146 Å². The number of halogens is 1. The molecule has 0 atom stereocenters. The van der Waals surface area contributed by atoms with Gasteiger partial charge in [-0.1, -0.05) is 32.6 Å². The first-order valence-electron chi connectivity index (χ1n) is 8.93. The number of amides is 2. The minimum Gasteiger partial charge on any atom is -0.356 e. The SMILES string of the molecule is CCCCNC(=O)C1CCN(C(=O)C2(N)CCCCC2)CC1.Cl. The van der Waals surface area contributed by atoms with Gasteiger partial charge in [0.1, 0.15) is 0 Å². The van der Waals surface area contributed by atoms with Crippen molar-refractivity contribution >= 4 is 24.2 Å². The van der Waals surface area contributed by atoms with Crippen LogP contribution >= 0.6 is 12.4 Å². The minimum atomic E-state index is -0.644. The maximum atomic E-state index is 12.7. The molecule has 5 nitrogen and oxygen atoms in total. The smallest absolute Gasteiger partial charge is 0.242 e. The average Bonchev–Trinajstić information content (AvgIpc) is 2.55. The normalized spacial score (nSPS) is 21.4. The Balaban J connectivity index is 0.00000264. The molecule has 3 N–H and O–H groups in total. The molecule has 0 aromatic rings. The standard InChI is InChI=1S/C17H31N3O2.ClH/c1-2-3-11-19-15(21)14-7-12-20(13-8-14)16(22)17(18)9-5-4-6-10-17;/h14H,2-13,18H2,1H3,(H,19,21);1H. The lowest BCUT2D eigenvalue weighted by Gasteiger charge is -2.39. The molecular formula is C17H32ClN3O2. The van der Waals surface area contributed by atoms with Gasteiger partial charge >= 0.3 is 0 Å². The minimum absolute atomic E-state index is 0. The molecule has 134 valence electrons. The van der Waals surface area contributed by atoms with Gasteiger partial charge < -0.3 is 16.0 Å². The second-order valence-electron chi connectivity index (χ2n) is 6.93. The number of piperidine rings is 1. The molecule has 23 heavy (non-hydrogen) atoms. The van der Waals surface area contributed by atoms with E-state index in [0.29, 0.717) is 13.1 Å². The molecule has 0 aromatic heterocycles. The second-order valence-corrected chi connectivity index (χ2v) is 6.93. The van der Waals surface area contributed by atoms with Crippen LogP contribution in [0.2, 0.25) is 0 Å². The molecule has 0 aromatic carbocycles. The molecule has 1 heterocycles. The average molecular weight is 346 g/mol. The van der Waals surface area contributed by atoms with E-state index in [1.807, 2.05) is 4.90 Å². The molecule has 1 saturated carbocycles. The van der Waals surface area contributed by atoms with Gasteiger partial charge in [-0.3, -0.25) is 9.59 Å². The Kier molecular flexibility index (Phi) is 8.34. The first-order chi connectivity index (χ1) is 10.6. The van der Waals surface area contributed by atoms with Crippen molar-refractivity contribution < 1.29 is 9.59 Å². The topological polar surface area (TPSA) is 75.4 Å². The first-order valence-corrected chi connectivity index (χ1v) is 8.93. The number of nitrogens with one attached hydrogen (secondary N) is 1. The van der Waals surface area contributed by atoms with Gasteiger partial charge in [-0.2, -0.15) is 0 Å². The monoisotopic (exact) mass is 345 g/mol. The molecule has 2 amide bonds. The van der Waals surface area contributed by atoms with Gasteiger partial charge in [0.05, 0.1) is 5.54 Å². The van der Waals surface area contributed by atoms with Gasteiger partial charge in [0, 0.05) is 25.6 Å². The lowest BCUT2D eigenvalue weighted by atomic mass is 9.81. The Morgan fingerprint density at radius 3 is 2.35 bits per heavy atom. The number of nitrogens with zero attached hydrogens (tertiary/aromatic N) is 1. The Morgan fingerprint density at radius 2 is 1.78 bits per heavy atom. The summed E-state index contributed by atoms with van der Waals surface area (Å²) in [5, 5.41) is 3.00. The van der Waals surface area contributed by atoms with Crippen molar-refractivity contribution in [3.8, 4) is 0 Å². The van der Waals surface area contributed by atoms with E-state index < -0.39 is 5.54 Å². The predicted octanol–water partition coefficient (Wildman–Crippen LogP) is 2.22. The van der Waals surface area contributed by atoms with Crippen LogP contribution in [-0.2, 0) is 9.59 Å². The lowest BCUT2D eigenvalue weighted by Crippen LogP contribution is -2.58. The molecule has 0 bridgehead atoms. The summed E-state index contributed by atoms with van der Waals surface area (Å²) in [5.41, 5.74) is 5.69. The van der Waals surface area contributed by atoms with E-state index in [4.69, 9.17) is 5.73 Å². The highest BCUT2D eigenvalue weighted by Gasteiger charge is 2.39. The van der Waals surface area contributed by atoms with Gasteiger partial charge in [-0.05, 0) is 32.1 Å². The molecular weight excluding hydrogens is 314 g/mol.